The van der Waals surface area contributed by atoms with Gasteiger partial charge >= 0.3 is 6.09 Å². The molecule has 2 fully saturated rings. The van der Waals surface area contributed by atoms with E-state index in [-0.39, 0.29) is 24.0 Å². The van der Waals surface area contributed by atoms with Gasteiger partial charge in [-0.1, -0.05) is 104 Å². The maximum Gasteiger partial charge on any atom is 0.410 e. The van der Waals surface area contributed by atoms with Crippen molar-refractivity contribution in [1.82, 2.24) is 10.2 Å². The van der Waals surface area contributed by atoms with Gasteiger partial charge < -0.3 is 15.0 Å². The van der Waals surface area contributed by atoms with Crippen molar-refractivity contribution in [2.24, 2.45) is 17.8 Å². The summed E-state index contributed by atoms with van der Waals surface area (Å²) in [6.45, 7) is 11.5. The molecule has 2 amide bonds. The Labute approximate surface area is 222 Å². The zero-order chi connectivity index (χ0) is 26.4. The molecule has 0 aromatic carbocycles. The third-order valence-electron chi connectivity index (χ3n) is 8.32. The minimum atomic E-state index is -0.488. The fourth-order valence-electron chi connectivity index (χ4n) is 6.30. The van der Waals surface area contributed by atoms with Gasteiger partial charge in [-0.3, -0.25) is 4.79 Å². The number of ether oxygens (including phenoxy) is 1. The number of nitrogens with zero attached hydrogens (tertiary/aromatic N) is 1. The van der Waals surface area contributed by atoms with Crippen molar-refractivity contribution in [2.45, 2.75) is 155 Å². The summed E-state index contributed by atoms with van der Waals surface area (Å²) >= 11 is 0. The molecule has 0 aromatic rings. The van der Waals surface area contributed by atoms with Crippen LogP contribution in [-0.4, -0.2) is 41.6 Å². The van der Waals surface area contributed by atoms with E-state index in [4.69, 9.17) is 4.74 Å². The third-order valence-corrected chi connectivity index (χ3v) is 8.32. The predicted octanol–water partition coefficient (Wildman–Crippen LogP) is 8.26. The second-order valence-electron chi connectivity index (χ2n) is 12.7. The summed E-state index contributed by atoms with van der Waals surface area (Å²) in [4.78, 5) is 27.3. The van der Waals surface area contributed by atoms with Crippen LogP contribution in [0.15, 0.2) is 0 Å². The van der Waals surface area contributed by atoms with Crippen LogP contribution < -0.4 is 5.32 Å². The molecule has 1 heterocycles. The van der Waals surface area contributed by atoms with Gasteiger partial charge in [-0.05, 0) is 51.9 Å². The molecule has 3 unspecified atom stereocenters. The quantitative estimate of drug-likeness (QED) is 0.303. The first-order chi connectivity index (χ1) is 17.2. The summed E-state index contributed by atoms with van der Waals surface area (Å²) in [5, 5.41) is 3.28. The van der Waals surface area contributed by atoms with Crippen molar-refractivity contribution in [2.75, 3.05) is 13.1 Å². The van der Waals surface area contributed by atoms with E-state index < -0.39 is 5.60 Å². The predicted molar refractivity (Wildman–Crippen MR) is 150 cm³/mol. The average molecular weight is 507 g/mol. The molecule has 36 heavy (non-hydrogen) atoms. The highest BCUT2D eigenvalue weighted by Crippen LogP contribution is 2.34. The average Bonchev–Trinajstić information content (AvgIpc) is 3.26. The van der Waals surface area contributed by atoms with E-state index in [1.54, 1.807) is 4.90 Å². The van der Waals surface area contributed by atoms with Crippen LogP contribution in [0.3, 0.4) is 0 Å². The van der Waals surface area contributed by atoms with Crippen LogP contribution in [0.25, 0.3) is 0 Å². The van der Waals surface area contributed by atoms with Crippen LogP contribution in [0.2, 0.25) is 0 Å². The van der Waals surface area contributed by atoms with E-state index in [9.17, 15) is 9.59 Å². The van der Waals surface area contributed by atoms with Crippen LogP contribution in [0.1, 0.15) is 144 Å². The molecular weight excluding hydrogens is 448 g/mol. The smallest absolute Gasteiger partial charge is 0.410 e. The van der Waals surface area contributed by atoms with Crippen LogP contribution >= 0.6 is 0 Å². The highest BCUT2D eigenvalue weighted by molar-refractivity contribution is 5.79. The lowest BCUT2D eigenvalue weighted by atomic mass is 9.78. The Morgan fingerprint density at radius 2 is 1.53 bits per heavy atom. The standard InChI is InChI=1S/C31H58N2O3/c1-6-8-9-11-17-25(16-7-2)26-18-12-10-13-20-27(21-15-14-19-26)29(34)32-28-22-23-33(24-28)30(35)36-31(3,4)5/h25-28H,6-24H2,1-5H3,(H,32,34)/t25?,26?,27?,28-/m1/s1. The topological polar surface area (TPSA) is 58.6 Å². The number of rotatable bonds is 10. The maximum atomic E-state index is 13.2. The van der Waals surface area contributed by atoms with Gasteiger partial charge in [-0.15, -0.1) is 0 Å². The minimum Gasteiger partial charge on any atom is -0.444 e. The highest BCUT2D eigenvalue weighted by atomic mass is 16.6. The first-order valence-corrected chi connectivity index (χ1v) is 15.5. The number of amides is 2. The SMILES string of the molecule is CCCCCCC(CCC)C1CCCCCC(C(=O)N[C@@H]2CCN(C(=O)OC(C)(C)C)C2)CCCC1. The lowest BCUT2D eigenvalue weighted by Gasteiger charge is -2.27. The zero-order valence-corrected chi connectivity index (χ0v) is 24.4. The second-order valence-corrected chi connectivity index (χ2v) is 12.7. The van der Waals surface area contributed by atoms with Crippen molar-refractivity contribution < 1.29 is 14.3 Å². The zero-order valence-electron chi connectivity index (χ0n) is 24.4. The Hall–Kier alpha value is -1.26. The van der Waals surface area contributed by atoms with Gasteiger partial charge in [0.05, 0.1) is 0 Å². The minimum absolute atomic E-state index is 0.0510. The van der Waals surface area contributed by atoms with Gasteiger partial charge in [0.25, 0.3) is 0 Å². The molecule has 1 saturated heterocycles. The molecule has 2 rings (SSSR count). The normalized spacial score (nSPS) is 25.1. The van der Waals surface area contributed by atoms with Gasteiger partial charge in [0.2, 0.25) is 5.91 Å². The molecule has 0 bridgehead atoms. The van der Waals surface area contributed by atoms with Crippen molar-refractivity contribution in [3.8, 4) is 0 Å². The third kappa shape index (κ3) is 11.9. The molecule has 210 valence electrons. The molecule has 1 aliphatic carbocycles. The van der Waals surface area contributed by atoms with E-state index in [1.165, 1.54) is 77.0 Å². The van der Waals surface area contributed by atoms with Crippen molar-refractivity contribution >= 4 is 12.0 Å². The number of likely N-dealkylation sites (tertiary alicyclic amines) is 1. The Morgan fingerprint density at radius 3 is 2.19 bits per heavy atom. The van der Waals surface area contributed by atoms with Crippen molar-refractivity contribution in [1.29, 1.82) is 0 Å². The van der Waals surface area contributed by atoms with Gasteiger partial charge in [-0.25, -0.2) is 4.79 Å². The lowest BCUT2D eigenvalue weighted by Crippen LogP contribution is -2.42. The summed E-state index contributed by atoms with van der Waals surface area (Å²) in [5.74, 6) is 2.12. The molecule has 0 radical (unpaired) electrons. The summed E-state index contributed by atoms with van der Waals surface area (Å²) < 4.78 is 5.51. The van der Waals surface area contributed by atoms with Crippen LogP contribution in [0.5, 0.6) is 0 Å². The summed E-state index contributed by atoms with van der Waals surface area (Å²) in [6.07, 6.45) is 21.1. The largest absolute Gasteiger partial charge is 0.444 e. The van der Waals surface area contributed by atoms with Gasteiger partial charge in [0.15, 0.2) is 0 Å². The summed E-state index contributed by atoms with van der Waals surface area (Å²) in [5.41, 5.74) is -0.488. The second kappa shape index (κ2) is 16.6. The number of hydrogen-bond acceptors (Lipinski definition) is 3. The molecule has 1 aliphatic heterocycles. The van der Waals surface area contributed by atoms with Crippen LogP contribution in [0.4, 0.5) is 4.79 Å². The van der Waals surface area contributed by atoms with Crippen LogP contribution in [0, 0.1) is 17.8 Å². The Bertz CT molecular complexity index is 630. The van der Waals surface area contributed by atoms with E-state index in [0.29, 0.717) is 13.1 Å². The Kier molecular flexibility index (Phi) is 14.2. The number of nitrogens with one attached hydrogen (secondary N) is 1. The monoisotopic (exact) mass is 506 g/mol. The molecule has 0 spiro atoms. The van der Waals surface area contributed by atoms with Crippen molar-refractivity contribution in [3.05, 3.63) is 0 Å². The Balaban J connectivity index is 1.81. The fraction of sp³-hybridized carbons (Fsp3) is 0.935. The molecular formula is C31H58N2O3. The lowest BCUT2D eigenvalue weighted by molar-refractivity contribution is -0.126. The molecule has 1 saturated carbocycles. The van der Waals surface area contributed by atoms with Gasteiger partial charge in [-0.2, -0.15) is 0 Å². The highest BCUT2D eigenvalue weighted by Gasteiger charge is 2.32. The maximum absolute atomic E-state index is 13.2. The first kappa shape index (κ1) is 31.0. The molecule has 5 nitrogen and oxygen atoms in total. The summed E-state index contributed by atoms with van der Waals surface area (Å²) in [7, 11) is 0. The molecule has 4 atom stereocenters. The van der Waals surface area contributed by atoms with Gasteiger partial charge in [0.1, 0.15) is 5.60 Å². The number of unbranched alkanes of at least 4 members (excludes halogenated alkanes) is 3. The number of carbonyl (C=O) groups is 2. The van der Waals surface area contributed by atoms with Crippen molar-refractivity contribution in [3.63, 3.8) is 0 Å². The molecule has 1 N–H and O–H groups in total. The van der Waals surface area contributed by atoms with E-state index >= 15 is 0 Å². The first-order valence-electron chi connectivity index (χ1n) is 15.5. The van der Waals surface area contributed by atoms with Gasteiger partial charge in [0, 0.05) is 25.0 Å². The molecule has 5 heteroatoms. The van der Waals surface area contributed by atoms with E-state index in [0.717, 1.165) is 43.9 Å². The van der Waals surface area contributed by atoms with E-state index in [1.807, 2.05) is 20.8 Å². The molecule has 2 aliphatic rings. The molecule has 0 aromatic heterocycles. The fourth-order valence-corrected chi connectivity index (χ4v) is 6.30. The number of hydrogen-bond donors (Lipinski definition) is 1. The van der Waals surface area contributed by atoms with E-state index in [2.05, 4.69) is 19.2 Å². The Morgan fingerprint density at radius 1 is 0.861 bits per heavy atom. The van der Waals surface area contributed by atoms with Crippen LogP contribution in [-0.2, 0) is 9.53 Å². The number of carbonyl (C=O) groups excluding carboxylic acids is 2. The summed E-state index contributed by atoms with van der Waals surface area (Å²) in [6, 6.07) is 0.0510.